The summed E-state index contributed by atoms with van der Waals surface area (Å²) in [6.45, 7) is 4.85. The van der Waals surface area contributed by atoms with Gasteiger partial charge in [0.05, 0.1) is 17.5 Å². The lowest BCUT2D eigenvalue weighted by molar-refractivity contribution is 0.114. The van der Waals surface area contributed by atoms with Crippen molar-refractivity contribution in [3.05, 3.63) is 29.8 Å². The minimum Gasteiger partial charge on any atom is -0.376 e. The minimum absolute atomic E-state index is 0.249. The Hall–Kier alpha value is -1.64. The van der Waals surface area contributed by atoms with Crippen molar-refractivity contribution in [2.24, 2.45) is 4.99 Å². The SMILES string of the molecule is CCNC(=NCc1ccc(S(=O)(=O)N(C)C)cc1)NCC1CCCO1. The molecule has 140 valence electrons. The predicted molar refractivity (Wildman–Crippen MR) is 99.1 cm³/mol. The number of guanidine groups is 1. The first-order chi connectivity index (χ1) is 11.9. The van der Waals surface area contributed by atoms with Crippen LogP contribution in [0.3, 0.4) is 0 Å². The van der Waals surface area contributed by atoms with Crippen LogP contribution in [0.2, 0.25) is 0 Å². The summed E-state index contributed by atoms with van der Waals surface area (Å²) in [5.41, 5.74) is 0.951. The van der Waals surface area contributed by atoms with E-state index in [1.165, 1.54) is 18.4 Å². The zero-order chi connectivity index (χ0) is 18.3. The predicted octanol–water partition coefficient (Wildman–Crippen LogP) is 1.17. The van der Waals surface area contributed by atoms with Gasteiger partial charge < -0.3 is 15.4 Å². The molecule has 1 aromatic rings. The molecule has 2 rings (SSSR count). The Labute approximate surface area is 150 Å². The zero-order valence-electron chi connectivity index (χ0n) is 15.2. The second-order valence-electron chi connectivity index (χ2n) is 6.14. The van der Waals surface area contributed by atoms with Crippen molar-refractivity contribution in [2.75, 3.05) is 33.8 Å². The number of ether oxygens (including phenoxy) is 1. The number of benzene rings is 1. The molecular weight excluding hydrogens is 340 g/mol. The van der Waals surface area contributed by atoms with Gasteiger partial charge in [-0.15, -0.1) is 0 Å². The second-order valence-corrected chi connectivity index (χ2v) is 8.29. The zero-order valence-corrected chi connectivity index (χ0v) is 16.0. The molecule has 1 unspecified atom stereocenters. The Morgan fingerprint density at radius 1 is 1.28 bits per heavy atom. The van der Waals surface area contributed by atoms with E-state index in [2.05, 4.69) is 15.6 Å². The van der Waals surface area contributed by atoms with Gasteiger partial charge in [0.2, 0.25) is 10.0 Å². The van der Waals surface area contributed by atoms with Gasteiger partial charge in [0.1, 0.15) is 0 Å². The average Bonchev–Trinajstić information content (AvgIpc) is 3.11. The number of hydrogen-bond acceptors (Lipinski definition) is 4. The summed E-state index contributed by atoms with van der Waals surface area (Å²) in [6, 6.07) is 6.83. The van der Waals surface area contributed by atoms with Crippen LogP contribution in [0.1, 0.15) is 25.3 Å². The third kappa shape index (κ3) is 5.69. The highest BCUT2D eigenvalue weighted by atomic mass is 32.2. The maximum atomic E-state index is 12.1. The third-order valence-corrected chi connectivity index (χ3v) is 5.82. The topological polar surface area (TPSA) is 83.0 Å². The van der Waals surface area contributed by atoms with Gasteiger partial charge in [-0.3, -0.25) is 0 Å². The van der Waals surface area contributed by atoms with Gasteiger partial charge in [-0.2, -0.15) is 0 Å². The molecule has 0 bridgehead atoms. The van der Waals surface area contributed by atoms with Crippen LogP contribution in [0.15, 0.2) is 34.2 Å². The molecule has 0 spiro atoms. The molecule has 7 nitrogen and oxygen atoms in total. The molecule has 0 amide bonds. The van der Waals surface area contributed by atoms with E-state index >= 15 is 0 Å². The lowest BCUT2D eigenvalue weighted by atomic mass is 10.2. The maximum Gasteiger partial charge on any atom is 0.242 e. The van der Waals surface area contributed by atoms with Crippen molar-refractivity contribution in [2.45, 2.75) is 37.3 Å². The average molecular weight is 369 g/mol. The van der Waals surface area contributed by atoms with E-state index in [1.807, 2.05) is 6.92 Å². The molecule has 1 aliphatic heterocycles. The van der Waals surface area contributed by atoms with Crippen molar-refractivity contribution >= 4 is 16.0 Å². The van der Waals surface area contributed by atoms with E-state index in [0.717, 1.165) is 44.1 Å². The van der Waals surface area contributed by atoms with Crippen LogP contribution in [0.25, 0.3) is 0 Å². The Balaban J connectivity index is 1.97. The highest BCUT2D eigenvalue weighted by molar-refractivity contribution is 7.89. The number of nitrogens with one attached hydrogen (secondary N) is 2. The van der Waals surface area contributed by atoms with Gasteiger partial charge in [-0.1, -0.05) is 12.1 Å². The Kier molecular flexibility index (Phi) is 7.22. The summed E-state index contributed by atoms with van der Waals surface area (Å²) in [4.78, 5) is 4.84. The van der Waals surface area contributed by atoms with E-state index in [1.54, 1.807) is 24.3 Å². The summed E-state index contributed by atoms with van der Waals surface area (Å²) < 4.78 is 31.0. The van der Waals surface area contributed by atoms with E-state index in [0.29, 0.717) is 6.54 Å². The van der Waals surface area contributed by atoms with Crippen molar-refractivity contribution in [3.8, 4) is 0 Å². The molecule has 1 heterocycles. The quantitative estimate of drug-likeness (QED) is 0.558. The van der Waals surface area contributed by atoms with Crippen LogP contribution < -0.4 is 10.6 Å². The molecule has 0 saturated carbocycles. The number of sulfonamides is 1. The third-order valence-electron chi connectivity index (χ3n) is 3.99. The molecule has 1 saturated heterocycles. The molecule has 25 heavy (non-hydrogen) atoms. The lowest BCUT2D eigenvalue weighted by Gasteiger charge is -2.15. The number of rotatable bonds is 7. The van der Waals surface area contributed by atoms with E-state index < -0.39 is 10.0 Å². The highest BCUT2D eigenvalue weighted by Crippen LogP contribution is 2.14. The molecule has 0 aliphatic carbocycles. The van der Waals surface area contributed by atoms with Crippen molar-refractivity contribution in [1.29, 1.82) is 0 Å². The van der Waals surface area contributed by atoms with Crippen LogP contribution in [-0.2, 0) is 21.3 Å². The lowest BCUT2D eigenvalue weighted by Crippen LogP contribution is -2.41. The van der Waals surface area contributed by atoms with Crippen molar-refractivity contribution in [3.63, 3.8) is 0 Å². The summed E-state index contributed by atoms with van der Waals surface area (Å²) in [5.74, 6) is 0.739. The van der Waals surface area contributed by atoms with Crippen molar-refractivity contribution < 1.29 is 13.2 Å². The Morgan fingerprint density at radius 3 is 2.56 bits per heavy atom. The fourth-order valence-electron chi connectivity index (χ4n) is 2.51. The van der Waals surface area contributed by atoms with E-state index in [4.69, 9.17) is 4.74 Å². The van der Waals surface area contributed by atoms with E-state index in [9.17, 15) is 8.42 Å². The maximum absolute atomic E-state index is 12.1. The molecule has 0 aromatic heterocycles. The van der Waals surface area contributed by atoms with Gasteiger partial charge in [0.15, 0.2) is 5.96 Å². The summed E-state index contributed by atoms with van der Waals surface area (Å²) in [6.07, 6.45) is 2.44. The standard InChI is InChI=1S/C17H28N4O3S/c1-4-18-17(20-13-15-6-5-11-24-15)19-12-14-7-9-16(10-8-14)25(22,23)21(2)3/h7-10,15H,4-6,11-13H2,1-3H3,(H2,18,19,20). The van der Waals surface area contributed by atoms with Crippen LogP contribution in [0.4, 0.5) is 0 Å². The first-order valence-corrected chi connectivity index (χ1v) is 10.0. The molecule has 0 radical (unpaired) electrons. The van der Waals surface area contributed by atoms with Gasteiger partial charge in [-0.05, 0) is 37.5 Å². The monoisotopic (exact) mass is 368 g/mol. The van der Waals surface area contributed by atoms with Gasteiger partial charge in [-0.25, -0.2) is 17.7 Å². The summed E-state index contributed by atoms with van der Waals surface area (Å²) in [7, 11) is -0.345. The summed E-state index contributed by atoms with van der Waals surface area (Å²) >= 11 is 0. The van der Waals surface area contributed by atoms with Crippen LogP contribution >= 0.6 is 0 Å². The molecule has 8 heteroatoms. The normalized spacial score (nSPS) is 18.6. The minimum atomic E-state index is -3.39. The molecule has 1 aromatic carbocycles. The Morgan fingerprint density at radius 2 is 2.00 bits per heavy atom. The van der Waals surface area contributed by atoms with Crippen molar-refractivity contribution in [1.82, 2.24) is 14.9 Å². The number of nitrogens with zero attached hydrogens (tertiary/aromatic N) is 2. The van der Waals surface area contributed by atoms with Gasteiger partial charge in [0.25, 0.3) is 0 Å². The first-order valence-electron chi connectivity index (χ1n) is 8.58. The Bertz CT molecular complexity index is 666. The van der Waals surface area contributed by atoms with Gasteiger partial charge in [0, 0.05) is 33.8 Å². The molecule has 1 fully saturated rings. The smallest absolute Gasteiger partial charge is 0.242 e. The van der Waals surface area contributed by atoms with Crippen LogP contribution in [0.5, 0.6) is 0 Å². The largest absolute Gasteiger partial charge is 0.376 e. The number of aliphatic imine (C=N–C) groups is 1. The molecular formula is C17H28N4O3S. The van der Waals surface area contributed by atoms with E-state index in [-0.39, 0.29) is 11.0 Å². The fraction of sp³-hybridized carbons (Fsp3) is 0.588. The highest BCUT2D eigenvalue weighted by Gasteiger charge is 2.17. The van der Waals surface area contributed by atoms with Crippen LogP contribution in [0, 0.1) is 0 Å². The van der Waals surface area contributed by atoms with Gasteiger partial charge >= 0.3 is 0 Å². The number of hydrogen-bond donors (Lipinski definition) is 2. The molecule has 2 N–H and O–H groups in total. The fourth-order valence-corrected chi connectivity index (χ4v) is 3.41. The molecule has 1 aliphatic rings. The summed E-state index contributed by atoms with van der Waals surface area (Å²) in [5, 5.41) is 6.50. The first kappa shape index (κ1) is 19.7. The van der Waals surface area contributed by atoms with Crippen LogP contribution in [-0.4, -0.2) is 58.6 Å². The molecule has 1 atom stereocenters. The second kappa shape index (κ2) is 9.17.